The van der Waals surface area contributed by atoms with Crippen LogP contribution >= 0.6 is 0 Å². The van der Waals surface area contributed by atoms with Gasteiger partial charge in [-0.25, -0.2) is 4.39 Å². The van der Waals surface area contributed by atoms with Crippen LogP contribution in [-0.4, -0.2) is 24.8 Å². The van der Waals surface area contributed by atoms with Gasteiger partial charge in [0.2, 0.25) is 5.78 Å². The minimum Gasteiger partial charge on any atom is -0.497 e. The topological polar surface area (TPSA) is 52.6 Å². The van der Waals surface area contributed by atoms with E-state index in [4.69, 9.17) is 9.47 Å². The van der Waals surface area contributed by atoms with E-state index in [2.05, 4.69) is 0 Å². The summed E-state index contributed by atoms with van der Waals surface area (Å²) in [5, 5.41) is 0. The second kappa shape index (κ2) is 8.48. The van der Waals surface area contributed by atoms with Gasteiger partial charge in [-0.2, -0.15) is 0 Å². The highest BCUT2D eigenvalue weighted by atomic mass is 19.1. The number of hydrogen-bond donors (Lipinski definition) is 0. The van der Waals surface area contributed by atoms with Crippen molar-refractivity contribution in [2.75, 3.05) is 7.11 Å². The second-order valence-electron chi connectivity index (χ2n) is 6.21. The van der Waals surface area contributed by atoms with Gasteiger partial charge in [-0.05, 0) is 79.7 Å². The van der Waals surface area contributed by atoms with Gasteiger partial charge in [0.1, 0.15) is 17.3 Å². The summed E-state index contributed by atoms with van der Waals surface area (Å²) in [5.74, 6) is 0.385. The molecule has 4 nitrogen and oxygen atoms in total. The van der Waals surface area contributed by atoms with E-state index in [-0.39, 0.29) is 11.6 Å². The normalized spacial score (nSPS) is 11.5. The van der Waals surface area contributed by atoms with Gasteiger partial charge >= 0.3 is 0 Å². The number of ketones is 2. The van der Waals surface area contributed by atoms with E-state index in [0.29, 0.717) is 28.2 Å². The smallest absolute Gasteiger partial charge is 0.202 e. The molecule has 0 spiro atoms. The predicted octanol–water partition coefficient (Wildman–Crippen LogP) is 4.72. The van der Waals surface area contributed by atoms with Crippen molar-refractivity contribution in [1.29, 1.82) is 0 Å². The van der Waals surface area contributed by atoms with Gasteiger partial charge in [-0.15, -0.1) is 0 Å². The molecule has 3 rings (SSSR count). The lowest BCUT2D eigenvalue weighted by atomic mass is 10.0. The molecule has 0 aromatic heterocycles. The van der Waals surface area contributed by atoms with Gasteiger partial charge in [0.25, 0.3) is 0 Å². The van der Waals surface area contributed by atoms with Crippen molar-refractivity contribution in [2.24, 2.45) is 0 Å². The summed E-state index contributed by atoms with van der Waals surface area (Å²) in [6, 6.07) is 18.7. The molecule has 0 heterocycles. The molecule has 0 aliphatic rings. The Hall–Kier alpha value is -3.47. The van der Waals surface area contributed by atoms with E-state index in [1.165, 1.54) is 24.3 Å². The third kappa shape index (κ3) is 4.43. The van der Waals surface area contributed by atoms with Crippen molar-refractivity contribution in [3.05, 3.63) is 95.3 Å². The van der Waals surface area contributed by atoms with Gasteiger partial charge in [0.15, 0.2) is 11.9 Å². The van der Waals surface area contributed by atoms with Crippen molar-refractivity contribution >= 4 is 11.6 Å². The number of Topliss-reactive ketones (excluding diaryl/α,β-unsaturated/α-hetero) is 1. The summed E-state index contributed by atoms with van der Waals surface area (Å²) in [6.45, 7) is 1.67. The number of halogens is 1. The highest BCUT2D eigenvalue weighted by Gasteiger charge is 2.17. The van der Waals surface area contributed by atoms with Crippen LogP contribution in [0.25, 0.3) is 0 Å². The molecule has 1 atom stereocenters. The Morgan fingerprint density at radius 3 is 1.75 bits per heavy atom. The van der Waals surface area contributed by atoms with E-state index < -0.39 is 11.9 Å². The van der Waals surface area contributed by atoms with Gasteiger partial charge in [-0.1, -0.05) is 0 Å². The first kappa shape index (κ1) is 19.3. The van der Waals surface area contributed by atoms with Crippen molar-refractivity contribution in [3.63, 3.8) is 0 Å². The molecule has 28 heavy (non-hydrogen) atoms. The fourth-order valence-electron chi connectivity index (χ4n) is 2.70. The molecule has 0 bridgehead atoms. The molecule has 0 saturated carbocycles. The van der Waals surface area contributed by atoms with E-state index in [0.717, 1.165) is 0 Å². The first-order valence-electron chi connectivity index (χ1n) is 8.73. The molecular weight excluding hydrogens is 359 g/mol. The molecule has 0 saturated heterocycles. The molecule has 142 valence electrons. The number of carbonyl (C=O) groups excluding carboxylic acids is 2. The lowest BCUT2D eigenvalue weighted by molar-refractivity contribution is 0.0817. The summed E-state index contributed by atoms with van der Waals surface area (Å²) >= 11 is 0. The van der Waals surface area contributed by atoms with Gasteiger partial charge in [-0.3, -0.25) is 9.59 Å². The molecule has 3 aromatic rings. The fraction of sp³-hybridized carbons (Fsp3) is 0.130. The molecular formula is C23H19FO4. The van der Waals surface area contributed by atoms with Crippen LogP contribution in [0, 0.1) is 5.82 Å². The summed E-state index contributed by atoms with van der Waals surface area (Å²) < 4.78 is 23.8. The van der Waals surface area contributed by atoms with Crippen LogP contribution in [0.4, 0.5) is 4.39 Å². The third-order valence-corrected chi connectivity index (χ3v) is 4.28. The molecule has 0 amide bonds. The quantitative estimate of drug-likeness (QED) is 0.559. The highest BCUT2D eigenvalue weighted by molar-refractivity contribution is 6.09. The standard InChI is InChI=1S/C23H19FO4/c1-15(22(25)16-5-11-20(27-2)12-6-16)28-21-13-7-18(8-14-21)23(26)17-3-9-19(24)10-4-17/h3-15H,1-2H3/t15-/m0/s1. The minimum absolute atomic E-state index is 0.158. The largest absolute Gasteiger partial charge is 0.497 e. The number of benzene rings is 3. The van der Waals surface area contributed by atoms with Crippen molar-refractivity contribution in [1.82, 2.24) is 0 Å². The van der Waals surface area contributed by atoms with Crippen LogP contribution in [-0.2, 0) is 0 Å². The number of hydrogen-bond acceptors (Lipinski definition) is 4. The van der Waals surface area contributed by atoms with E-state index in [1.54, 1.807) is 62.6 Å². The minimum atomic E-state index is -0.688. The average Bonchev–Trinajstić information content (AvgIpc) is 2.74. The molecule has 3 aromatic carbocycles. The van der Waals surface area contributed by atoms with E-state index in [9.17, 15) is 14.0 Å². The number of methoxy groups -OCH3 is 1. The molecule has 0 aliphatic carbocycles. The molecule has 0 N–H and O–H groups in total. The molecule has 0 aliphatic heterocycles. The Bertz CT molecular complexity index is 961. The Kier molecular flexibility index (Phi) is 5.84. The van der Waals surface area contributed by atoms with E-state index >= 15 is 0 Å². The van der Waals surface area contributed by atoms with Crippen LogP contribution < -0.4 is 9.47 Å². The zero-order chi connectivity index (χ0) is 20.1. The van der Waals surface area contributed by atoms with Crippen LogP contribution in [0.2, 0.25) is 0 Å². The van der Waals surface area contributed by atoms with Crippen molar-refractivity contribution in [2.45, 2.75) is 13.0 Å². The number of rotatable bonds is 7. The lowest BCUT2D eigenvalue weighted by Gasteiger charge is -2.14. The molecule has 0 unspecified atom stereocenters. The maximum absolute atomic E-state index is 13.0. The van der Waals surface area contributed by atoms with Crippen LogP contribution in [0.1, 0.15) is 33.2 Å². The fourth-order valence-corrected chi connectivity index (χ4v) is 2.70. The summed E-state index contributed by atoms with van der Waals surface area (Å²) in [7, 11) is 1.56. The second-order valence-corrected chi connectivity index (χ2v) is 6.21. The van der Waals surface area contributed by atoms with Crippen LogP contribution in [0.3, 0.4) is 0 Å². The van der Waals surface area contributed by atoms with Gasteiger partial charge in [0, 0.05) is 16.7 Å². The number of ether oxygens (including phenoxy) is 2. The first-order valence-corrected chi connectivity index (χ1v) is 8.73. The van der Waals surface area contributed by atoms with Crippen LogP contribution in [0.5, 0.6) is 11.5 Å². The Labute approximate surface area is 162 Å². The Morgan fingerprint density at radius 1 is 0.750 bits per heavy atom. The first-order chi connectivity index (χ1) is 13.5. The lowest BCUT2D eigenvalue weighted by Crippen LogP contribution is -2.23. The SMILES string of the molecule is COc1ccc(C(=O)[C@H](C)Oc2ccc(C(=O)c3ccc(F)cc3)cc2)cc1. The third-order valence-electron chi connectivity index (χ3n) is 4.28. The number of carbonyl (C=O) groups is 2. The zero-order valence-electron chi connectivity index (χ0n) is 15.5. The summed E-state index contributed by atoms with van der Waals surface area (Å²) in [4.78, 5) is 24.9. The zero-order valence-corrected chi connectivity index (χ0v) is 15.5. The molecule has 0 fully saturated rings. The van der Waals surface area contributed by atoms with Gasteiger partial charge in [0.05, 0.1) is 7.11 Å². The predicted molar refractivity (Wildman–Crippen MR) is 104 cm³/mol. The maximum atomic E-state index is 13.0. The summed E-state index contributed by atoms with van der Waals surface area (Å²) in [5.41, 5.74) is 1.38. The Balaban J connectivity index is 1.66. The highest BCUT2D eigenvalue weighted by Crippen LogP contribution is 2.19. The molecule has 5 heteroatoms. The maximum Gasteiger partial charge on any atom is 0.202 e. The summed E-state index contributed by atoms with van der Waals surface area (Å²) in [6.07, 6.45) is -0.688. The van der Waals surface area contributed by atoms with Crippen molar-refractivity contribution < 1.29 is 23.5 Å². The molecule has 0 radical (unpaired) electrons. The van der Waals surface area contributed by atoms with Gasteiger partial charge < -0.3 is 9.47 Å². The average molecular weight is 378 g/mol. The Morgan fingerprint density at radius 2 is 1.21 bits per heavy atom. The van der Waals surface area contributed by atoms with Crippen molar-refractivity contribution in [3.8, 4) is 11.5 Å². The van der Waals surface area contributed by atoms with E-state index in [1.807, 2.05) is 0 Å². The van der Waals surface area contributed by atoms with Crippen LogP contribution in [0.15, 0.2) is 72.8 Å². The monoisotopic (exact) mass is 378 g/mol.